The quantitative estimate of drug-likeness (QED) is 0.871. The predicted octanol–water partition coefficient (Wildman–Crippen LogP) is 1.71. The van der Waals surface area contributed by atoms with Crippen LogP contribution in [0.3, 0.4) is 0 Å². The molecule has 0 aromatic carbocycles. The summed E-state index contributed by atoms with van der Waals surface area (Å²) in [6.07, 6.45) is 3.31. The second-order valence-corrected chi connectivity index (χ2v) is 4.83. The molecule has 6 nitrogen and oxygen atoms in total. The molecule has 0 aliphatic rings. The largest absolute Gasteiger partial charge is 0.506 e. The van der Waals surface area contributed by atoms with Gasteiger partial charge in [0.2, 0.25) is 0 Å². The molecule has 0 amide bonds. The van der Waals surface area contributed by atoms with E-state index in [2.05, 4.69) is 15.0 Å². The third-order valence-corrected chi connectivity index (χ3v) is 3.42. The number of aliphatic hydroxyl groups excluding tert-OH is 1. The van der Waals surface area contributed by atoms with Gasteiger partial charge >= 0.3 is 0 Å². The zero-order valence-corrected chi connectivity index (χ0v) is 12.5. The molecule has 0 atom stereocenters. The number of pyridine rings is 1. The van der Waals surface area contributed by atoms with Crippen LogP contribution in [0.15, 0.2) is 18.5 Å². The molecule has 0 fully saturated rings. The van der Waals surface area contributed by atoms with E-state index in [0.717, 1.165) is 12.4 Å². The average molecular weight is 288 g/mol. The molecule has 6 heteroatoms. The van der Waals surface area contributed by atoms with Crippen molar-refractivity contribution in [1.82, 2.24) is 15.0 Å². The molecule has 0 saturated heterocycles. The molecule has 21 heavy (non-hydrogen) atoms. The van der Waals surface area contributed by atoms with Crippen molar-refractivity contribution in [3.63, 3.8) is 0 Å². The lowest BCUT2D eigenvalue weighted by Gasteiger charge is -2.24. The molecule has 2 aromatic rings. The van der Waals surface area contributed by atoms with E-state index in [-0.39, 0.29) is 12.4 Å². The molecule has 0 saturated carbocycles. The molecule has 0 aliphatic heterocycles. The van der Waals surface area contributed by atoms with Crippen molar-refractivity contribution < 1.29 is 10.2 Å². The van der Waals surface area contributed by atoms with Gasteiger partial charge < -0.3 is 15.1 Å². The first-order chi connectivity index (χ1) is 10.1. The van der Waals surface area contributed by atoms with Crippen LogP contribution in [0.5, 0.6) is 5.75 Å². The van der Waals surface area contributed by atoms with Crippen LogP contribution in [0.25, 0.3) is 0 Å². The first-order valence-electron chi connectivity index (χ1n) is 6.88. The van der Waals surface area contributed by atoms with Crippen molar-refractivity contribution in [2.75, 3.05) is 11.4 Å². The summed E-state index contributed by atoms with van der Waals surface area (Å²) in [5, 5.41) is 19.7. The monoisotopic (exact) mass is 288 g/mol. The minimum absolute atomic E-state index is 0.130. The fourth-order valence-electron chi connectivity index (χ4n) is 2.16. The highest BCUT2D eigenvalue weighted by molar-refractivity contribution is 5.45. The van der Waals surface area contributed by atoms with Crippen molar-refractivity contribution in [3.8, 4) is 5.75 Å². The Morgan fingerprint density at radius 3 is 2.62 bits per heavy atom. The van der Waals surface area contributed by atoms with E-state index in [4.69, 9.17) is 0 Å². The number of hydrogen-bond donors (Lipinski definition) is 2. The average Bonchev–Trinajstić information content (AvgIpc) is 2.48. The lowest BCUT2D eigenvalue weighted by atomic mass is 10.1. The zero-order chi connectivity index (χ0) is 15.4. The Labute approximate surface area is 124 Å². The normalized spacial score (nSPS) is 10.7. The molecule has 2 N–H and O–H groups in total. The van der Waals surface area contributed by atoms with E-state index in [1.165, 1.54) is 0 Å². The molecule has 112 valence electrons. The molecule has 0 spiro atoms. The molecule has 0 radical (unpaired) electrons. The van der Waals surface area contributed by atoms with Crippen molar-refractivity contribution >= 4 is 5.82 Å². The highest BCUT2D eigenvalue weighted by Gasteiger charge is 2.15. The van der Waals surface area contributed by atoms with E-state index >= 15 is 0 Å². The Morgan fingerprint density at radius 1 is 1.24 bits per heavy atom. The number of anilines is 1. The summed E-state index contributed by atoms with van der Waals surface area (Å²) >= 11 is 0. The minimum atomic E-state index is -0.156. The van der Waals surface area contributed by atoms with Crippen LogP contribution in [-0.4, -0.2) is 31.7 Å². The van der Waals surface area contributed by atoms with Gasteiger partial charge in [0.25, 0.3) is 0 Å². The first-order valence-corrected chi connectivity index (χ1v) is 6.88. The summed E-state index contributed by atoms with van der Waals surface area (Å²) in [7, 11) is 0. The van der Waals surface area contributed by atoms with Gasteiger partial charge in [-0.15, -0.1) is 0 Å². The number of rotatable bonds is 5. The number of aromatic hydroxyl groups is 1. The van der Waals surface area contributed by atoms with E-state index in [1.807, 2.05) is 24.8 Å². The van der Waals surface area contributed by atoms with Gasteiger partial charge in [-0.1, -0.05) is 0 Å². The third-order valence-electron chi connectivity index (χ3n) is 3.42. The summed E-state index contributed by atoms with van der Waals surface area (Å²) in [5.74, 6) is 1.62. The van der Waals surface area contributed by atoms with Crippen molar-refractivity contribution in [2.24, 2.45) is 0 Å². The molecule has 2 aromatic heterocycles. The van der Waals surface area contributed by atoms with Crippen LogP contribution < -0.4 is 4.90 Å². The van der Waals surface area contributed by atoms with Crippen LogP contribution in [0.4, 0.5) is 5.82 Å². The molecule has 0 aliphatic carbocycles. The highest BCUT2D eigenvalue weighted by Crippen LogP contribution is 2.26. The van der Waals surface area contributed by atoms with Crippen LogP contribution in [-0.2, 0) is 13.2 Å². The summed E-state index contributed by atoms with van der Waals surface area (Å²) in [5.41, 5.74) is 1.86. The van der Waals surface area contributed by atoms with Crippen molar-refractivity contribution in [1.29, 1.82) is 0 Å². The maximum Gasteiger partial charge on any atom is 0.142 e. The zero-order valence-electron chi connectivity index (χ0n) is 12.5. The lowest BCUT2D eigenvalue weighted by molar-refractivity contribution is 0.279. The summed E-state index contributed by atoms with van der Waals surface area (Å²) in [4.78, 5) is 14.6. The van der Waals surface area contributed by atoms with Gasteiger partial charge in [0.15, 0.2) is 0 Å². The Kier molecular flexibility index (Phi) is 4.70. The lowest BCUT2D eigenvalue weighted by Crippen LogP contribution is -2.24. The topological polar surface area (TPSA) is 82.4 Å². The van der Waals surface area contributed by atoms with Gasteiger partial charge in [0, 0.05) is 36.6 Å². The number of aryl methyl sites for hydroxylation is 2. The minimum Gasteiger partial charge on any atom is -0.506 e. The van der Waals surface area contributed by atoms with Crippen LogP contribution >= 0.6 is 0 Å². The fraction of sp³-hybridized carbons (Fsp3) is 0.400. The Bertz CT molecular complexity index is 631. The van der Waals surface area contributed by atoms with Gasteiger partial charge in [0.1, 0.15) is 17.4 Å². The Balaban J connectivity index is 2.37. The van der Waals surface area contributed by atoms with Gasteiger partial charge in [-0.05, 0) is 26.8 Å². The van der Waals surface area contributed by atoms with Crippen LogP contribution in [0.1, 0.15) is 29.6 Å². The van der Waals surface area contributed by atoms with Gasteiger partial charge in [0.05, 0.1) is 12.3 Å². The number of hydrogen-bond acceptors (Lipinski definition) is 6. The maximum absolute atomic E-state index is 10.2. The number of aromatic nitrogens is 3. The van der Waals surface area contributed by atoms with E-state index in [9.17, 15) is 10.2 Å². The molecule has 0 bridgehead atoms. The molecule has 2 rings (SSSR count). The highest BCUT2D eigenvalue weighted by atomic mass is 16.3. The maximum atomic E-state index is 10.2. The van der Waals surface area contributed by atoms with Gasteiger partial charge in [-0.25, -0.2) is 9.97 Å². The smallest absolute Gasteiger partial charge is 0.142 e. The van der Waals surface area contributed by atoms with E-state index in [0.29, 0.717) is 29.2 Å². The summed E-state index contributed by atoms with van der Waals surface area (Å²) in [6.45, 7) is 6.62. The van der Waals surface area contributed by atoms with E-state index in [1.54, 1.807) is 19.3 Å². The third kappa shape index (κ3) is 3.28. The molecular formula is C15H20N4O2. The predicted molar refractivity (Wildman–Crippen MR) is 80.1 cm³/mol. The van der Waals surface area contributed by atoms with Crippen LogP contribution in [0, 0.1) is 13.8 Å². The van der Waals surface area contributed by atoms with Gasteiger partial charge in [-0.3, -0.25) is 4.98 Å². The number of aliphatic hydroxyl groups is 1. The summed E-state index contributed by atoms with van der Waals surface area (Å²) < 4.78 is 0. The van der Waals surface area contributed by atoms with Crippen molar-refractivity contribution in [2.45, 2.75) is 33.9 Å². The Hall–Kier alpha value is -2.21. The second-order valence-electron chi connectivity index (χ2n) is 4.83. The molecule has 2 heterocycles. The number of nitrogens with zero attached hydrogens (tertiary/aromatic N) is 4. The second kappa shape index (κ2) is 6.49. The molecular weight excluding hydrogens is 268 g/mol. The Morgan fingerprint density at radius 2 is 2.00 bits per heavy atom. The SMILES string of the molecule is CCN(Cc1c(CO)cnc(C)c1O)c1ccnc(C)n1. The molecule has 0 unspecified atom stereocenters. The van der Waals surface area contributed by atoms with Crippen molar-refractivity contribution in [3.05, 3.63) is 41.1 Å². The first kappa shape index (κ1) is 15.2. The fourth-order valence-corrected chi connectivity index (χ4v) is 2.16. The summed E-state index contributed by atoms with van der Waals surface area (Å²) in [6, 6.07) is 1.83. The van der Waals surface area contributed by atoms with Crippen LogP contribution in [0.2, 0.25) is 0 Å². The van der Waals surface area contributed by atoms with E-state index < -0.39 is 0 Å². The standard InChI is InChI=1S/C15H20N4O2/c1-4-19(14-5-6-16-11(3)18-14)8-13-12(9-20)7-17-10(2)15(13)21/h5-7,20-21H,4,8-9H2,1-3H3. The van der Waals surface area contributed by atoms with Gasteiger partial charge in [-0.2, -0.15) is 0 Å².